The van der Waals surface area contributed by atoms with E-state index < -0.39 is 5.91 Å². The van der Waals surface area contributed by atoms with Gasteiger partial charge in [-0.3, -0.25) is 28.8 Å². The van der Waals surface area contributed by atoms with Crippen LogP contribution in [0.2, 0.25) is 0 Å². The van der Waals surface area contributed by atoms with Crippen molar-refractivity contribution in [3.05, 3.63) is 0 Å². The van der Waals surface area contributed by atoms with E-state index in [2.05, 4.69) is 46.9 Å². The lowest BCUT2D eigenvalue weighted by atomic mass is 9.98. The third kappa shape index (κ3) is 28.8. The van der Waals surface area contributed by atoms with Gasteiger partial charge in [0.15, 0.2) is 0 Å². The molecule has 0 heterocycles. The maximum Gasteiger partial charge on any atom is 0.242 e. The topological polar surface area (TPSA) is 153 Å². The number of nitrogens with two attached hydrogens (primary N) is 1. The van der Waals surface area contributed by atoms with Gasteiger partial charge in [-0.25, -0.2) is 0 Å². The Morgan fingerprint density at radius 1 is 0.458 bits per heavy atom. The molecule has 0 rings (SSSR count). The van der Waals surface area contributed by atoms with E-state index in [1.54, 1.807) is 9.80 Å². The van der Waals surface area contributed by atoms with Crippen molar-refractivity contribution in [3.63, 3.8) is 0 Å². The summed E-state index contributed by atoms with van der Waals surface area (Å²) in [6.45, 7) is 13.4. The highest BCUT2D eigenvalue weighted by Crippen LogP contribution is 2.18. The maximum atomic E-state index is 14.4. The van der Waals surface area contributed by atoms with Crippen LogP contribution < -0.4 is 11.1 Å². The first kappa shape index (κ1) is 55.8. The Morgan fingerprint density at radius 3 is 1.17 bits per heavy atom. The van der Waals surface area contributed by atoms with E-state index in [1.165, 1.54) is 61.2 Å². The van der Waals surface area contributed by atoms with Gasteiger partial charge in [0.2, 0.25) is 35.9 Å². The molecule has 0 spiro atoms. The van der Waals surface area contributed by atoms with Gasteiger partial charge in [-0.2, -0.15) is 0 Å². The molecule has 12 heteroatoms. The van der Waals surface area contributed by atoms with Gasteiger partial charge >= 0.3 is 0 Å². The summed E-state index contributed by atoms with van der Waals surface area (Å²) < 4.78 is 0. The van der Waals surface area contributed by atoms with E-state index in [1.807, 2.05) is 0 Å². The van der Waals surface area contributed by atoms with Gasteiger partial charge in [-0.15, -0.1) is 0 Å². The second-order valence-corrected chi connectivity index (χ2v) is 16.9. The summed E-state index contributed by atoms with van der Waals surface area (Å²) in [5, 5.41) is 2.46. The molecular weight excluding hydrogens is 745 g/mol. The van der Waals surface area contributed by atoms with Crippen molar-refractivity contribution in [2.45, 2.75) is 196 Å². The Morgan fingerprint density at radius 2 is 0.797 bits per heavy atom. The first-order valence-electron chi connectivity index (χ1n) is 24.1. The summed E-state index contributed by atoms with van der Waals surface area (Å²) in [5.74, 6) is -1.49. The van der Waals surface area contributed by atoms with E-state index in [-0.39, 0.29) is 68.2 Å². The number of rotatable bonds is 41. The molecule has 2 unspecified atom stereocenters. The van der Waals surface area contributed by atoms with Crippen LogP contribution in [0.3, 0.4) is 0 Å². The average Bonchev–Trinajstić information content (AvgIpc) is 3.22. The molecule has 0 radical (unpaired) electrons. The molecule has 0 bridgehead atoms. The van der Waals surface area contributed by atoms with Crippen LogP contribution >= 0.6 is 0 Å². The normalized spacial score (nSPS) is 12.1. The Bertz CT molecular complexity index is 1120. The number of primary amides is 1. The van der Waals surface area contributed by atoms with Gasteiger partial charge in [-0.05, 0) is 37.5 Å². The van der Waals surface area contributed by atoms with Crippen molar-refractivity contribution < 1.29 is 28.8 Å². The van der Waals surface area contributed by atoms with Crippen LogP contribution in [-0.4, -0.2) is 114 Å². The zero-order chi connectivity index (χ0) is 44.1. The van der Waals surface area contributed by atoms with Gasteiger partial charge in [0, 0.05) is 26.2 Å². The van der Waals surface area contributed by atoms with E-state index in [0.717, 1.165) is 103 Å². The first-order valence-corrected chi connectivity index (χ1v) is 24.1. The van der Waals surface area contributed by atoms with Crippen molar-refractivity contribution in [3.8, 4) is 0 Å². The predicted molar refractivity (Wildman–Crippen MR) is 241 cm³/mol. The number of unbranched alkanes of at least 4 members (excludes halogenated alkanes) is 16. The lowest BCUT2D eigenvalue weighted by Gasteiger charge is -2.33. The minimum Gasteiger partial charge on any atom is -0.368 e. The quantitative estimate of drug-likeness (QED) is 0.0468. The molecule has 344 valence electrons. The van der Waals surface area contributed by atoms with E-state index in [4.69, 9.17) is 5.73 Å². The van der Waals surface area contributed by atoms with Crippen molar-refractivity contribution in [1.82, 2.24) is 24.9 Å². The molecule has 12 nitrogen and oxygen atoms in total. The summed E-state index contributed by atoms with van der Waals surface area (Å²) in [6.07, 6.45) is 25.5. The summed E-state index contributed by atoms with van der Waals surface area (Å²) >= 11 is 0. The van der Waals surface area contributed by atoms with Crippen LogP contribution in [0.5, 0.6) is 0 Å². The number of hydrogen-bond acceptors (Lipinski definition) is 6. The maximum absolute atomic E-state index is 14.4. The third-order valence-electron chi connectivity index (χ3n) is 11.7. The van der Waals surface area contributed by atoms with Gasteiger partial charge in [0.25, 0.3) is 0 Å². The van der Waals surface area contributed by atoms with Gasteiger partial charge in [0.1, 0.15) is 0 Å². The molecule has 0 aliphatic carbocycles. The SMILES string of the molecule is CCCCCCCCCCN(CC(=O)N(CC(=O)N(CCCCCCCCCC)CC(=O)N(CC(N)=O)CC(CC)CCCC)CC(CC)CCCC)C(=O)CNC=O. The number of amides is 6. The summed E-state index contributed by atoms with van der Waals surface area (Å²) in [6, 6.07) is 0. The minimum absolute atomic E-state index is 0.170. The lowest BCUT2D eigenvalue weighted by Crippen LogP contribution is -2.52. The van der Waals surface area contributed by atoms with Crippen LogP contribution in [0.15, 0.2) is 0 Å². The van der Waals surface area contributed by atoms with Gasteiger partial charge in [-0.1, -0.05) is 170 Å². The van der Waals surface area contributed by atoms with E-state index in [0.29, 0.717) is 32.6 Å². The van der Waals surface area contributed by atoms with Crippen molar-refractivity contribution in [1.29, 1.82) is 0 Å². The van der Waals surface area contributed by atoms with Crippen LogP contribution in [0.1, 0.15) is 196 Å². The molecule has 0 aromatic heterocycles. The molecule has 0 aromatic rings. The predicted octanol–water partition coefficient (Wildman–Crippen LogP) is 8.25. The summed E-state index contributed by atoms with van der Waals surface area (Å²) in [7, 11) is 0. The molecular formula is C47H90N6O6. The number of hydrogen-bond donors (Lipinski definition) is 2. The molecule has 6 amide bonds. The molecule has 0 aromatic carbocycles. The van der Waals surface area contributed by atoms with Crippen molar-refractivity contribution in [2.75, 3.05) is 58.9 Å². The smallest absolute Gasteiger partial charge is 0.242 e. The highest BCUT2D eigenvalue weighted by molar-refractivity contribution is 5.91. The average molecular weight is 835 g/mol. The van der Waals surface area contributed by atoms with Crippen molar-refractivity contribution in [2.24, 2.45) is 17.6 Å². The summed E-state index contributed by atoms with van der Waals surface area (Å²) in [5.41, 5.74) is 5.64. The second kappa shape index (κ2) is 37.8. The molecule has 2 atom stereocenters. The lowest BCUT2D eigenvalue weighted by molar-refractivity contribution is -0.147. The minimum atomic E-state index is -0.589. The number of nitrogens with zero attached hydrogens (tertiary/aromatic N) is 4. The molecule has 0 aliphatic heterocycles. The number of nitrogens with one attached hydrogen (secondary N) is 1. The van der Waals surface area contributed by atoms with Crippen LogP contribution in [0, 0.1) is 11.8 Å². The molecule has 59 heavy (non-hydrogen) atoms. The van der Waals surface area contributed by atoms with Crippen molar-refractivity contribution >= 4 is 35.9 Å². The van der Waals surface area contributed by atoms with E-state index >= 15 is 0 Å². The number of carbonyl (C=O) groups is 6. The van der Waals surface area contributed by atoms with Crippen LogP contribution in [0.25, 0.3) is 0 Å². The van der Waals surface area contributed by atoms with Crippen LogP contribution in [-0.2, 0) is 28.8 Å². The van der Waals surface area contributed by atoms with E-state index in [9.17, 15) is 28.8 Å². The fourth-order valence-electron chi connectivity index (χ4n) is 7.64. The number of carbonyl (C=O) groups excluding carboxylic acids is 6. The fourth-order valence-corrected chi connectivity index (χ4v) is 7.64. The Hall–Kier alpha value is -3.18. The third-order valence-corrected chi connectivity index (χ3v) is 11.7. The zero-order valence-electron chi connectivity index (χ0n) is 38.9. The molecule has 0 saturated heterocycles. The standard InChI is InChI=1S/C47H90N6O6/c1-7-13-17-19-21-23-25-27-31-50(44(56)33-49-40-54)37-47(59)53(35-42(12-6)30-16-10-4)39-45(57)51(32-28-26-24-22-20-18-14-8-2)38-46(58)52(36-43(48)55)34-41(11-5)29-15-9-3/h40-42H,7-39H2,1-6H3,(H2,48,55)(H,49,54). The monoisotopic (exact) mass is 835 g/mol. The first-order chi connectivity index (χ1) is 28.5. The largest absolute Gasteiger partial charge is 0.368 e. The highest BCUT2D eigenvalue weighted by atomic mass is 16.2. The molecule has 0 saturated carbocycles. The summed E-state index contributed by atoms with van der Waals surface area (Å²) in [4.78, 5) is 85.5. The fraction of sp³-hybridized carbons (Fsp3) is 0.872. The van der Waals surface area contributed by atoms with Gasteiger partial charge in [0.05, 0.1) is 32.7 Å². The molecule has 0 aliphatic rings. The Kier molecular flexibility index (Phi) is 35.8. The Labute approximate surface area is 360 Å². The highest BCUT2D eigenvalue weighted by Gasteiger charge is 2.29. The van der Waals surface area contributed by atoms with Crippen LogP contribution in [0.4, 0.5) is 0 Å². The Balaban J connectivity index is 6.37. The second-order valence-electron chi connectivity index (χ2n) is 16.9. The zero-order valence-corrected chi connectivity index (χ0v) is 38.9. The molecule has 3 N–H and O–H groups in total. The molecule has 0 fully saturated rings. The van der Waals surface area contributed by atoms with Gasteiger partial charge < -0.3 is 30.7 Å².